The summed E-state index contributed by atoms with van der Waals surface area (Å²) < 4.78 is 4.99. The molecule has 0 aliphatic carbocycles. The second-order valence-electron chi connectivity index (χ2n) is 5.64. The number of hydrogen-bond acceptors (Lipinski definition) is 5. The molecule has 2 rings (SSSR count). The molecule has 0 unspecified atom stereocenters. The smallest absolute Gasteiger partial charge is 0.225 e. The zero-order valence-corrected chi connectivity index (χ0v) is 14.2. The highest BCUT2D eigenvalue weighted by atomic mass is 16.5. The van der Waals surface area contributed by atoms with Crippen LogP contribution >= 0.6 is 0 Å². The van der Waals surface area contributed by atoms with Gasteiger partial charge in [0, 0.05) is 51.9 Å². The number of carbonyl (C=O) groups excluding carboxylic acids is 2. The number of aryl methyl sites for hydroxylation is 1. The maximum atomic E-state index is 12.3. The van der Waals surface area contributed by atoms with E-state index in [0.717, 1.165) is 12.0 Å². The first-order chi connectivity index (χ1) is 11.5. The fraction of sp³-hybridized carbons (Fsp3) is 0.412. The van der Waals surface area contributed by atoms with E-state index in [1.54, 1.807) is 37.3 Å². The van der Waals surface area contributed by atoms with Gasteiger partial charge in [-0.05, 0) is 31.0 Å². The summed E-state index contributed by atoms with van der Waals surface area (Å²) in [5.41, 5.74) is 1.13. The van der Waals surface area contributed by atoms with Gasteiger partial charge in [-0.3, -0.25) is 19.5 Å². The van der Waals surface area contributed by atoms with Crippen molar-refractivity contribution in [1.29, 1.82) is 0 Å². The highest BCUT2D eigenvalue weighted by molar-refractivity contribution is 5.91. The zero-order valence-electron chi connectivity index (χ0n) is 14.2. The van der Waals surface area contributed by atoms with Crippen LogP contribution in [0.15, 0.2) is 35.1 Å². The minimum Gasteiger partial charge on any atom is -0.360 e. The summed E-state index contributed by atoms with van der Waals surface area (Å²) in [7, 11) is 1.77. The Balaban J connectivity index is 1.85. The lowest BCUT2D eigenvalue weighted by molar-refractivity contribution is -0.129. The minimum absolute atomic E-state index is 0.0180. The molecular formula is C17H22N4O3. The number of aromatic nitrogens is 2. The quantitative estimate of drug-likeness (QED) is 0.774. The molecule has 0 spiro atoms. The van der Waals surface area contributed by atoms with Crippen LogP contribution in [0.1, 0.15) is 24.7 Å². The van der Waals surface area contributed by atoms with Crippen LogP contribution in [0.3, 0.4) is 0 Å². The van der Waals surface area contributed by atoms with Crippen molar-refractivity contribution in [2.75, 3.05) is 25.0 Å². The molecule has 2 heterocycles. The Morgan fingerprint density at radius 1 is 1.21 bits per heavy atom. The highest BCUT2D eigenvalue weighted by Crippen LogP contribution is 2.14. The lowest BCUT2D eigenvalue weighted by Crippen LogP contribution is -2.35. The van der Waals surface area contributed by atoms with Gasteiger partial charge in [0.1, 0.15) is 5.76 Å². The second-order valence-corrected chi connectivity index (χ2v) is 5.64. The van der Waals surface area contributed by atoms with Crippen molar-refractivity contribution in [3.8, 4) is 0 Å². The van der Waals surface area contributed by atoms with Crippen LogP contribution in [0.2, 0.25) is 0 Å². The SMILES string of the molecule is CC(=O)N(CCC(=O)N(C)CCc1ccncc1)c1cc(C)on1. The van der Waals surface area contributed by atoms with Crippen LogP contribution in [-0.2, 0) is 16.0 Å². The average molecular weight is 330 g/mol. The summed E-state index contributed by atoms with van der Waals surface area (Å²) in [6.07, 6.45) is 4.48. The van der Waals surface area contributed by atoms with Crippen molar-refractivity contribution >= 4 is 17.6 Å². The fourth-order valence-corrected chi connectivity index (χ4v) is 2.28. The molecule has 0 saturated carbocycles. The van der Waals surface area contributed by atoms with Gasteiger partial charge in [-0.1, -0.05) is 5.16 Å². The third-order valence-corrected chi connectivity index (χ3v) is 3.73. The second kappa shape index (κ2) is 8.24. The topological polar surface area (TPSA) is 79.5 Å². The van der Waals surface area contributed by atoms with E-state index >= 15 is 0 Å². The van der Waals surface area contributed by atoms with Gasteiger partial charge < -0.3 is 9.42 Å². The third-order valence-electron chi connectivity index (χ3n) is 3.73. The Morgan fingerprint density at radius 2 is 1.92 bits per heavy atom. The summed E-state index contributed by atoms with van der Waals surface area (Å²) in [5, 5.41) is 3.84. The predicted octanol–water partition coefficient (Wildman–Crippen LogP) is 1.82. The Bertz CT molecular complexity index is 684. The summed E-state index contributed by atoms with van der Waals surface area (Å²) in [4.78, 5) is 31.1. The lowest BCUT2D eigenvalue weighted by atomic mass is 10.2. The molecule has 2 amide bonds. The van der Waals surface area contributed by atoms with E-state index in [2.05, 4.69) is 10.1 Å². The van der Waals surface area contributed by atoms with Crippen LogP contribution in [0, 0.1) is 6.92 Å². The van der Waals surface area contributed by atoms with E-state index in [1.807, 2.05) is 12.1 Å². The van der Waals surface area contributed by atoms with Crippen molar-refractivity contribution in [2.45, 2.75) is 26.7 Å². The predicted molar refractivity (Wildman–Crippen MR) is 89.5 cm³/mol. The van der Waals surface area contributed by atoms with E-state index < -0.39 is 0 Å². The maximum Gasteiger partial charge on any atom is 0.225 e. The molecule has 2 aromatic heterocycles. The first-order valence-corrected chi connectivity index (χ1v) is 7.81. The molecule has 7 nitrogen and oxygen atoms in total. The Hall–Kier alpha value is -2.70. The van der Waals surface area contributed by atoms with E-state index in [0.29, 0.717) is 18.1 Å². The number of pyridine rings is 1. The van der Waals surface area contributed by atoms with Crippen molar-refractivity contribution < 1.29 is 14.1 Å². The maximum absolute atomic E-state index is 12.3. The summed E-state index contributed by atoms with van der Waals surface area (Å²) >= 11 is 0. The van der Waals surface area contributed by atoms with Crippen LogP contribution in [0.25, 0.3) is 0 Å². The Kier molecular flexibility index (Phi) is 6.06. The molecule has 0 N–H and O–H groups in total. The average Bonchev–Trinajstić information content (AvgIpc) is 2.99. The zero-order chi connectivity index (χ0) is 17.5. The molecule has 0 bridgehead atoms. The van der Waals surface area contributed by atoms with Crippen LogP contribution in [0.4, 0.5) is 5.82 Å². The van der Waals surface area contributed by atoms with Gasteiger partial charge in [0.05, 0.1) is 0 Å². The standard InChI is InChI=1S/C17H22N4O3/c1-13-12-16(19-24-13)21(14(2)22)11-7-17(23)20(3)10-6-15-4-8-18-9-5-15/h4-5,8-9,12H,6-7,10-11H2,1-3H3. The van der Waals surface area contributed by atoms with Crippen molar-refractivity contribution in [2.24, 2.45) is 0 Å². The van der Waals surface area contributed by atoms with Gasteiger partial charge in [-0.25, -0.2) is 0 Å². The van der Waals surface area contributed by atoms with Crippen LogP contribution in [-0.4, -0.2) is 47.0 Å². The first kappa shape index (κ1) is 17.7. The molecule has 0 atom stereocenters. The normalized spacial score (nSPS) is 10.5. The van der Waals surface area contributed by atoms with Gasteiger partial charge in [-0.2, -0.15) is 0 Å². The van der Waals surface area contributed by atoms with E-state index in [9.17, 15) is 9.59 Å². The molecule has 0 aromatic carbocycles. The van der Waals surface area contributed by atoms with Gasteiger partial charge in [-0.15, -0.1) is 0 Å². The Labute approximate surface area is 141 Å². The first-order valence-electron chi connectivity index (χ1n) is 7.81. The molecule has 0 fully saturated rings. The number of amides is 2. The number of likely N-dealkylation sites (N-methyl/N-ethyl adjacent to an activating group) is 1. The van der Waals surface area contributed by atoms with E-state index in [4.69, 9.17) is 4.52 Å². The van der Waals surface area contributed by atoms with E-state index in [-0.39, 0.29) is 24.8 Å². The molecule has 0 aliphatic rings. The molecule has 0 saturated heterocycles. The fourth-order valence-electron chi connectivity index (χ4n) is 2.28. The number of hydrogen-bond donors (Lipinski definition) is 0. The highest BCUT2D eigenvalue weighted by Gasteiger charge is 2.18. The van der Waals surface area contributed by atoms with Crippen molar-refractivity contribution in [3.63, 3.8) is 0 Å². The van der Waals surface area contributed by atoms with Crippen LogP contribution in [0.5, 0.6) is 0 Å². The van der Waals surface area contributed by atoms with Crippen molar-refractivity contribution in [1.82, 2.24) is 15.0 Å². The Morgan fingerprint density at radius 3 is 2.50 bits per heavy atom. The van der Waals surface area contributed by atoms with Crippen molar-refractivity contribution in [3.05, 3.63) is 41.9 Å². The van der Waals surface area contributed by atoms with E-state index in [1.165, 1.54) is 11.8 Å². The molecule has 0 aliphatic heterocycles. The summed E-state index contributed by atoms with van der Waals surface area (Å²) in [6, 6.07) is 5.55. The summed E-state index contributed by atoms with van der Waals surface area (Å²) in [5.74, 6) is 0.871. The number of carbonyl (C=O) groups is 2. The lowest BCUT2D eigenvalue weighted by Gasteiger charge is -2.21. The molecule has 7 heteroatoms. The van der Waals surface area contributed by atoms with Gasteiger partial charge in [0.15, 0.2) is 5.82 Å². The molecule has 2 aromatic rings. The third kappa shape index (κ3) is 4.91. The molecule has 0 radical (unpaired) electrons. The molecule has 128 valence electrons. The number of nitrogens with zero attached hydrogens (tertiary/aromatic N) is 4. The monoisotopic (exact) mass is 330 g/mol. The van der Waals surface area contributed by atoms with Crippen LogP contribution < -0.4 is 4.90 Å². The van der Waals surface area contributed by atoms with Gasteiger partial charge in [0.25, 0.3) is 0 Å². The number of anilines is 1. The largest absolute Gasteiger partial charge is 0.360 e. The van der Waals surface area contributed by atoms with Gasteiger partial charge >= 0.3 is 0 Å². The summed E-state index contributed by atoms with van der Waals surface area (Å²) in [6.45, 7) is 4.10. The van der Waals surface area contributed by atoms with Gasteiger partial charge in [0.2, 0.25) is 11.8 Å². The number of rotatable bonds is 7. The minimum atomic E-state index is -0.171. The molecular weight excluding hydrogens is 308 g/mol. The molecule has 24 heavy (non-hydrogen) atoms.